The van der Waals surface area contributed by atoms with Crippen molar-refractivity contribution in [2.45, 2.75) is 26.2 Å². The van der Waals surface area contributed by atoms with E-state index in [0.29, 0.717) is 0 Å². The summed E-state index contributed by atoms with van der Waals surface area (Å²) in [6, 6.07) is 14.5. The van der Waals surface area contributed by atoms with Crippen LogP contribution in [0.1, 0.15) is 25.3 Å². The number of nitrogens with one attached hydrogen (secondary N) is 2. The number of benzene rings is 1. The van der Waals surface area contributed by atoms with Gasteiger partial charge in [-0.25, -0.2) is 4.98 Å². The first kappa shape index (κ1) is 13.4. The van der Waals surface area contributed by atoms with E-state index in [-0.39, 0.29) is 0 Å². The Labute approximate surface area is 115 Å². The van der Waals surface area contributed by atoms with Crippen molar-refractivity contribution >= 4 is 17.3 Å². The van der Waals surface area contributed by atoms with Crippen molar-refractivity contribution in [1.82, 2.24) is 4.98 Å². The molecule has 3 heteroatoms. The van der Waals surface area contributed by atoms with Crippen molar-refractivity contribution in [2.75, 3.05) is 17.7 Å². The summed E-state index contributed by atoms with van der Waals surface area (Å²) in [5, 5.41) is 6.35. The zero-order valence-electron chi connectivity index (χ0n) is 11.6. The van der Waals surface area contributed by atoms with Gasteiger partial charge in [-0.15, -0.1) is 0 Å². The first-order valence-corrected chi connectivity index (χ1v) is 6.82. The van der Waals surface area contributed by atoms with Gasteiger partial charge in [-0.1, -0.05) is 31.5 Å². The number of anilines is 3. The van der Waals surface area contributed by atoms with E-state index in [1.54, 1.807) is 0 Å². The Morgan fingerprint density at radius 3 is 2.42 bits per heavy atom. The first-order valence-electron chi connectivity index (χ1n) is 6.82. The van der Waals surface area contributed by atoms with Crippen LogP contribution in [-0.2, 0) is 6.42 Å². The number of hydrogen-bond donors (Lipinski definition) is 2. The third-order valence-corrected chi connectivity index (χ3v) is 3.05. The summed E-state index contributed by atoms with van der Waals surface area (Å²) in [5.41, 5.74) is 2.46. The molecule has 19 heavy (non-hydrogen) atoms. The summed E-state index contributed by atoms with van der Waals surface area (Å²) >= 11 is 0. The zero-order valence-corrected chi connectivity index (χ0v) is 11.6. The lowest BCUT2D eigenvalue weighted by Gasteiger charge is -2.08. The number of unbranched alkanes of at least 4 members (excludes halogenated alkanes) is 1. The van der Waals surface area contributed by atoms with E-state index in [1.165, 1.54) is 18.4 Å². The van der Waals surface area contributed by atoms with E-state index in [4.69, 9.17) is 0 Å². The number of nitrogens with zero attached hydrogens (tertiary/aromatic N) is 1. The Hall–Kier alpha value is -2.03. The van der Waals surface area contributed by atoms with Gasteiger partial charge in [0.15, 0.2) is 0 Å². The average molecular weight is 255 g/mol. The standard InChI is InChI=1S/C16H21N3/c1-3-4-6-13-9-11-14(12-10-13)18-16-8-5-7-15(17-2)19-16/h5,7-12H,3-4,6H2,1-2H3,(H2,17,18,19). The molecule has 100 valence electrons. The summed E-state index contributed by atoms with van der Waals surface area (Å²) in [7, 11) is 1.87. The summed E-state index contributed by atoms with van der Waals surface area (Å²) in [6.45, 7) is 2.22. The van der Waals surface area contributed by atoms with Gasteiger partial charge in [-0.05, 0) is 42.7 Å². The highest BCUT2D eigenvalue weighted by molar-refractivity contribution is 5.58. The Bertz CT molecular complexity index is 506. The van der Waals surface area contributed by atoms with Crippen LogP contribution in [0.2, 0.25) is 0 Å². The monoisotopic (exact) mass is 255 g/mol. The molecule has 0 fully saturated rings. The quantitative estimate of drug-likeness (QED) is 0.812. The molecule has 2 aromatic rings. The fraction of sp³-hybridized carbons (Fsp3) is 0.312. The van der Waals surface area contributed by atoms with Crippen LogP contribution in [0.15, 0.2) is 42.5 Å². The van der Waals surface area contributed by atoms with Gasteiger partial charge in [0.05, 0.1) is 0 Å². The molecule has 0 saturated carbocycles. The molecule has 0 aliphatic heterocycles. The second kappa shape index (κ2) is 6.78. The normalized spacial score (nSPS) is 10.2. The number of hydrogen-bond acceptors (Lipinski definition) is 3. The second-order valence-corrected chi connectivity index (χ2v) is 4.58. The van der Waals surface area contributed by atoms with Gasteiger partial charge in [0.25, 0.3) is 0 Å². The molecule has 0 unspecified atom stereocenters. The van der Waals surface area contributed by atoms with Gasteiger partial charge in [0.2, 0.25) is 0 Å². The van der Waals surface area contributed by atoms with Crippen molar-refractivity contribution in [2.24, 2.45) is 0 Å². The van der Waals surface area contributed by atoms with Gasteiger partial charge in [-0.2, -0.15) is 0 Å². The van der Waals surface area contributed by atoms with Crippen molar-refractivity contribution in [3.05, 3.63) is 48.0 Å². The number of rotatable bonds is 6. The van der Waals surface area contributed by atoms with Crippen LogP contribution < -0.4 is 10.6 Å². The molecule has 3 nitrogen and oxygen atoms in total. The van der Waals surface area contributed by atoms with Crippen LogP contribution in [0, 0.1) is 0 Å². The third-order valence-electron chi connectivity index (χ3n) is 3.05. The van der Waals surface area contributed by atoms with E-state index in [2.05, 4.69) is 46.8 Å². The molecule has 0 saturated heterocycles. The Balaban J connectivity index is 2.02. The summed E-state index contributed by atoms with van der Waals surface area (Å²) in [6.07, 6.45) is 3.64. The minimum absolute atomic E-state index is 0.855. The molecule has 0 spiro atoms. The maximum atomic E-state index is 4.44. The fourth-order valence-electron chi connectivity index (χ4n) is 1.93. The molecular weight excluding hydrogens is 234 g/mol. The molecular formula is C16H21N3. The van der Waals surface area contributed by atoms with Crippen LogP contribution in [0.4, 0.5) is 17.3 Å². The van der Waals surface area contributed by atoms with Gasteiger partial charge >= 0.3 is 0 Å². The molecule has 1 aromatic carbocycles. The van der Waals surface area contributed by atoms with Crippen molar-refractivity contribution < 1.29 is 0 Å². The summed E-state index contributed by atoms with van der Waals surface area (Å²) < 4.78 is 0. The van der Waals surface area contributed by atoms with E-state index in [9.17, 15) is 0 Å². The molecule has 0 radical (unpaired) electrons. The van der Waals surface area contributed by atoms with Gasteiger partial charge in [0, 0.05) is 12.7 Å². The predicted molar refractivity (Wildman–Crippen MR) is 82.1 cm³/mol. The lowest BCUT2D eigenvalue weighted by atomic mass is 10.1. The molecule has 2 rings (SSSR count). The molecule has 0 atom stereocenters. The molecule has 1 heterocycles. The highest BCUT2D eigenvalue weighted by atomic mass is 15.0. The van der Waals surface area contributed by atoms with Crippen molar-refractivity contribution in [1.29, 1.82) is 0 Å². The summed E-state index contributed by atoms with van der Waals surface area (Å²) in [4.78, 5) is 4.44. The van der Waals surface area contributed by atoms with Gasteiger partial charge in [0.1, 0.15) is 11.6 Å². The Morgan fingerprint density at radius 1 is 1.00 bits per heavy atom. The van der Waals surface area contributed by atoms with Crippen LogP contribution in [0.3, 0.4) is 0 Å². The lowest BCUT2D eigenvalue weighted by Crippen LogP contribution is -1.97. The highest BCUT2D eigenvalue weighted by Gasteiger charge is 1.98. The second-order valence-electron chi connectivity index (χ2n) is 4.58. The molecule has 0 aliphatic rings. The maximum absolute atomic E-state index is 4.44. The zero-order chi connectivity index (χ0) is 13.5. The van der Waals surface area contributed by atoms with E-state index in [1.807, 2.05) is 25.2 Å². The van der Waals surface area contributed by atoms with E-state index >= 15 is 0 Å². The first-order chi connectivity index (χ1) is 9.31. The van der Waals surface area contributed by atoms with Gasteiger partial charge in [-0.3, -0.25) is 0 Å². The number of aryl methyl sites for hydroxylation is 1. The minimum Gasteiger partial charge on any atom is -0.373 e. The summed E-state index contributed by atoms with van der Waals surface area (Å²) in [5.74, 6) is 1.72. The van der Waals surface area contributed by atoms with Crippen molar-refractivity contribution in [3.8, 4) is 0 Å². The van der Waals surface area contributed by atoms with Crippen LogP contribution in [0.25, 0.3) is 0 Å². The highest BCUT2D eigenvalue weighted by Crippen LogP contribution is 2.17. The van der Waals surface area contributed by atoms with Crippen LogP contribution in [-0.4, -0.2) is 12.0 Å². The third kappa shape index (κ3) is 3.98. The van der Waals surface area contributed by atoms with Crippen molar-refractivity contribution in [3.63, 3.8) is 0 Å². The lowest BCUT2D eigenvalue weighted by molar-refractivity contribution is 0.795. The predicted octanol–water partition coefficient (Wildman–Crippen LogP) is 4.21. The van der Waals surface area contributed by atoms with E-state index in [0.717, 1.165) is 23.7 Å². The van der Waals surface area contributed by atoms with E-state index < -0.39 is 0 Å². The molecule has 1 aromatic heterocycles. The molecule has 2 N–H and O–H groups in total. The largest absolute Gasteiger partial charge is 0.373 e. The van der Waals surface area contributed by atoms with Crippen LogP contribution >= 0.6 is 0 Å². The maximum Gasteiger partial charge on any atom is 0.132 e. The molecule has 0 amide bonds. The smallest absolute Gasteiger partial charge is 0.132 e. The fourth-order valence-corrected chi connectivity index (χ4v) is 1.93. The van der Waals surface area contributed by atoms with Crippen LogP contribution in [0.5, 0.6) is 0 Å². The number of aromatic nitrogens is 1. The molecule has 0 aliphatic carbocycles. The SMILES string of the molecule is CCCCc1ccc(Nc2cccc(NC)n2)cc1. The Morgan fingerprint density at radius 2 is 1.74 bits per heavy atom. The topological polar surface area (TPSA) is 37.0 Å². The number of pyridine rings is 1. The van der Waals surface area contributed by atoms with Gasteiger partial charge < -0.3 is 10.6 Å². The minimum atomic E-state index is 0.855. The average Bonchev–Trinajstić information content (AvgIpc) is 2.47. The molecule has 0 bridgehead atoms. The Kier molecular flexibility index (Phi) is 4.78.